The van der Waals surface area contributed by atoms with Gasteiger partial charge in [-0.05, 0) is 74.5 Å². The molecule has 0 aromatic heterocycles. The molecular formula is C23H44O3. The molecule has 0 amide bonds. The molecule has 5 atom stereocenters. The molecule has 2 aliphatic carbocycles. The molecule has 2 saturated carbocycles. The quantitative estimate of drug-likeness (QED) is 0.561. The van der Waals surface area contributed by atoms with Gasteiger partial charge in [-0.25, -0.2) is 0 Å². The zero-order valence-corrected chi connectivity index (χ0v) is 18.4. The van der Waals surface area contributed by atoms with Gasteiger partial charge in [0.25, 0.3) is 0 Å². The second kappa shape index (κ2) is 10.4. The van der Waals surface area contributed by atoms with Gasteiger partial charge in [-0.3, -0.25) is 0 Å². The van der Waals surface area contributed by atoms with Gasteiger partial charge in [-0.2, -0.15) is 0 Å². The van der Waals surface area contributed by atoms with E-state index in [1.165, 1.54) is 25.7 Å². The molecule has 0 aromatic carbocycles. The number of ether oxygens (including phenoxy) is 3. The molecule has 3 nitrogen and oxygen atoms in total. The van der Waals surface area contributed by atoms with Crippen LogP contribution < -0.4 is 0 Å². The minimum absolute atomic E-state index is 0.187. The van der Waals surface area contributed by atoms with Crippen molar-refractivity contribution in [1.82, 2.24) is 0 Å². The van der Waals surface area contributed by atoms with Crippen molar-refractivity contribution in [1.29, 1.82) is 0 Å². The molecule has 2 fully saturated rings. The Hall–Kier alpha value is -0.120. The van der Waals surface area contributed by atoms with Crippen molar-refractivity contribution in [3.8, 4) is 0 Å². The molecule has 2 rings (SSSR count). The first kappa shape index (κ1) is 22.2. The maximum absolute atomic E-state index is 6.25. The van der Waals surface area contributed by atoms with Crippen LogP contribution in [0.3, 0.4) is 0 Å². The monoisotopic (exact) mass is 368 g/mol. The Labute approximate surface area is 162 Å². The molecule has 5 unspecified atom stereocenters. The average Bonchev–Trinajstić information content (AvgIpc) is 2.59. The predicted octanol–water partition coefficient (Wildman–Crippen LogP) is 5.57. The number of hydrogen-bond donors (Lipinski definition) is 0. The average molecular weight is 369 g/mol. The lowest BCUT2D eigenvalue weighted by Gasteiger charge is -2.47. The topological polar surface area (TPSA) is 27.7 Å². The minimum atomic E-state index is 0.187. The lowest BCUT2D eigenvalue weighted by Crippen LogP contribution is -2.43. The zero-order valence-electron chi connectivity index (χ0n) is 18.4. The van der Waals surface area contributed by atoms with E-state index in [1.807, 2.05) is 0 Å². The molecule has 0 radical (unpaired) electrons. The van der Waals surface area contributed by atoms with Gasteiger partial charge in [-0.15, -0.1) is 0 Å². The lowest BCUT2D eigenvalue weighted by molar-refractivity contribution is -0.0994. The van der Waals surface area contributed by atoms with Gasteiger partial charge in [0.15, 0.2) is 0 Å². The fourth-order valence-electron chi connectivity index (χ4n) is 5.76. The molecule has 26 heavy (non-hydrogen) atoms. The molecule has 154 valence electrons. The van der Waals surface area contributed by atoms with Crippen molar-refractivity contribution in [2.45, 2.75) is 92.0 Å². The fraction of sp³-hybridized carbons (Fsp3) is 1.00. The van der Waals surface area contributed by atoms with E-state index in [4.69, 9.17) is 14.2 Å². The summed E-state index contributed by atoms with van der Waals surface area (Å²) in [6.45, 7) is 15.5. The van der Waals surface area contributed by atoms with Gasteiger partial charge in [0.05, 0.1) is 24.9 Å². The fourth-order valence-corrected chi connectivity index (χ4v) is 5.76. The Morgan fingerprint density at radius 1 is 0.769 bits per heavy atom. The van der Waals surface area contributed by atoms with Gasteiger partial charge in [-0.1, -0.05) is 34.6 Å². The molecule has 0 aromatic rings. The first-order chi connectivity index (χ1) is 12.4. The van der Waals surface area contributed by atoms with Crippen molar-refractivity contribution in [3.05, 3.63) is 0 Å². The highest BCUT2D eigenvalue weighted by molar-refractivity contribution is 4.91. The van der Waals surface area contributed by atoms with Crippen molar-refractivity contribution in [2.75, 3.05) is 20.3 Å². The molecule has 3 heteroatoms. The number of rotatable bonds is 8. The largest absolute Gasteiger partial charge is 0.379 e. The summed E-state index contributed by atoms with van der Waals surface area (Å²) in [6.07, 6.45) is 7.50. The standard InChI is InChI=1S/C23H44O3/c1-8-9-25-22-15(2)10-20(11-16(22)3)21-12-17(4)23(18(5)13-21)26-14-19(6)24-7/h15-23H,8-14H2,1-7H3. The van der Waals surface area contributed by atoms with Crippen LogP contribution in [0.2, 0.25) is 0 Å². The van der Waals surface area contributed by atoms with Crippen LogP contribution in [0.1, 0.15) is 73.6 Å². The van der Waals surface area contributed by atoms with E-state index in [9.17, 15) is 0 Å². The Morgan fingerprint density at radius 3 is 1.58 bits per heavy atom. The smallest absolute Gasteiger partial charge is 0.0776 e. The van der Waals surface area contributed by atoms with E-state index in [1.54, 1.807) is 7.11 Å². The Bertz CT molecular complexity index is 375. The van der Waals surface area contributed by atoms with Crippen LogP contribution in [-0.4, -0.2) is 38.6 Å². The highest BCUT2D eigenvalue weighted by atomic mass is 16.5. The Kier molecular flexibility index (Phi) is 8.90. The van der Waals surface area contributed by atoms with Crippen molar-refractivity contribution in [2.24, 2.45) is 35.5 Å². The maximum Gasteiger partial charge on any atom is 0.0776 e. The summed E-state index contributed by atoms with van der Waals surface area (Å²) in [5.41, 5.74) is 0. The van der Waals surface area contributed by atoms with Crippen molar-refractivity contribution < 1.29 is 14.2 Å². The molecule has 0 bridgehead atoms. The minimum Gasteiger partial charge on any atom is -0.379 e. The number of hydrogen-bond acceptors (Lipinski definition) is 3. The number of methoxy groups -OCH3 is 1. The predicted molar refractivity (Wildman–Crippen MR) is 108 cm³/mol. The maximum atomic E-state index is 6.25. The van der Waals surface area contributed by atoms with Crippen LogP contribution in [-0.2, 0) is 14.2 Å². The normalized spacial score (nSPS) is 42.6. The molecular weight excluding hydrogens is 324 g/mol. The molecule has 0 saturated heterocycles. The summed E-state index contributed by atoms with van der Waals surface area (Å²) >= 11 is 0. The first-order valence-corrected chi connectivity index (χ1v) is 11.1. The summed E-state index contributed by atoms with van der Waals surface area (Å²) in [5, 5.41) is 0. The first-order valence-electron chi connectivity index (χ1n) is 11.1. The second-order valence-corrected chi connectivity index (χ2v) is 9.55. The van der Waals surface area contributed by atoms with Crippen LogP contribution in [0.15, 0.2) is 0 Å². The highest BCUT2D eigenvalue weighted by Gasteiger charge is 2.41. The van der Waals surface area contributed by atoms with Gasteiger partial charge in [0.2, 0.25) is 0 Å². The van der Waals surface area contributed by atoms with Gasteiger partial charge >= 0.3 is 0 Å². The molecule has 0 N–H and O–H groups in total. The summed E-state index contributed by atoms with van der Waals surface area (Å²) in [5.74, 6) is 4.40. The summed E-state index contributed by atoms with van der Waals surface area (Å²) in [4.78, 5) is 0. The third-order valence-corrected chi connectivity index (χ3v) is 7.05. The van der Waals surface area contributed by atoms with Crippen molar-refractivity contribution >= 4 is 0 Å². The van der Waals surface area contributed by atoms with E-state index in [2.05, 4.69) is 41.5 Å². The molecule has 2 aliphatic rings. The molecule has 0 spiro atoms. The molecule has 0 aliphatic heterocycles. The summed E-state index contributed by atoms with van der Waals surface area (Å²) in [6, 6.07) is 0. The SMILES string of the molecule is CCCOC1C(C)CC(C2CC(C)C(OCC(C)OC)C(C)C2)CC1C. The van der Waals surface area contributed by atoms with Crippen LogP contribution in [0.4, 0.5) is 0 Å². The van der Waals surface area contributed by atoms with E-state index in [0.29, 0.717) is 42.5 Å². The third kappa shape index (κ3) is 5.69. The van der Waals surface area contributed by atoms with E-state index < -0.39 is 0 Å². The van der Waals surface area contributed by atoms with Crippen LogP contribution in [0.5, 0.6) is 0 Å². The van der Waals surface area contributed by atoms with Crippen LogP contribution >= 0.6 is 0 Å². The summed E-state index contributed by atoms with van der Waals surface area (Å²) in [7, 11) is 1.76. The van der Waals surface area contributed by atoms with Crippen LogP contribution in [0, 0.1) is 35.5 Å². The Balaban J connectivity index is 1.89. The van der Waals surface area contributed by atoms with E-state index in [-0.39, 0.29) is 6.10 Å². The lowest BCUT2D eigenvalue weighted by atomic mass is 9.63. The molecule has 0 heterocycles. The van der Waals surface area contributed by atoms with Crippen molar-refractivity contribution in [3.63, 3.8) is 0 Å². The zero-order chi connectivity index (χ0) is 19.3. The van der Waals surface area contributed by atoms with Crippen LogP contribution in [0.25, 0.3) is 0 Å². The Morgan fingerprint density at radius 2 is 1.19 bits per heavy atom. The summed E-state index contributed by atoms with van der Waals surface area (Å²) < 4.78 is 17.8. The van der Waals surface area contributed by atoms with E-state index in [0.717, 1.165) is 24.9 Å². The van der Waals surface area contributed by atoms with E-state index >= 15 is 0 Å². The van der Waals surface area contributed by atoms with Gasteiger partial charge in [0.1, 0.15) is 0 Å². The van der Waals surface area contributed by atoms with Gasteiger partial charge < -0.3 is 14.2 Å². The second-order valence-electron chi connectivity index (χ2n) is 9.55. The third-order valence-electron chi connectivity index (χ3n) is 7.05. The highest BCUT2D eigenvalue weighted by Crippen LogP contribution is 2.46. The van der Waals surface area contributed by atoms with Gasteiger partial charge in [0, 0.05) is 13.7 Å².